The van der Waals surface area contributed by atoms with Crippen molar-refractivity contribution in [3.8, 4) is 0 Å². The lowest BCUT2D eigenvalue weighted by molar-refractivity contribution is -0.128. The third-order valence-corrected chi connectivity index (χ3v) is 8.48. The molecule has 2 rings (SSSR count). The number of carbonyl (C=O) groups is 2. The number of aliphatic hydroxyl groups is 2. The summed E-state index contributed by atoms with van der Waals surface area (Å²) < 4.78 is 0. The number of benzene rings is 1. The van der Waals surface area contributed by atoms with E-state index in [2.05, 4.69) is 22.1 Å². The summed E-state index contributed by atoms with van der Waals surface area (Å²) in [5.41, 5.74) is 1.12. The van der Waals surface area contributed by atoms with E-state index in [0.29, 0.717) is 24.5 Å². The Bertz CT molecular complexity index is 832. The molecule has 0 aromatic heterocycles. The maximum atomic E-state index is 13.2. The van der Waals surface area contributed by atoms with E-state index in [4.69, 9.17) is 0 Å². The monoisotopic (exact) mass is 547 g/mol. The first-order chi connectivity index (χ1) is 18.2. The molecule has 1 aromatic rings. The van der Waals surface area contributed by atoms with E-state index >= 15 is 0 Å². The Morgan fingerprint density at radius 1 is 1.13 bits per heavy atom. The van der Waals surface area contributed by atoms with Gasteiger partial charge in [-0.05, 0) is 38.4 Å². The van der Waals surface area contributed by atoms with Crippen molar-refractivity contribution in [3.05, 3.63) is 48.6 Å². The molecule has 1 saturated carbocycles. The predicted octanol–water partition coefficient (Wildman–Crippen LogP) is 3.26. The molecule has 5 unspecified atom stereocenters. The van der Waals surface area contributed by atoms with Crippen LogP contribution in [0.3, 0.4) is 0 Å². The number of nitrogens with zero attached hydrogens (tertiary/aromatic N) is 1. The molecule has 5 atom stereocenters. The zero-order chi connectivity index (χ0) is 27.9. The van der Waals surface area contributed by atoms with Gasteiger partial charge in [-0.25, -0.2) is 0 Å². The average molecular weight is 548 g/mol. The van der Waals surface area contributed by atoms with Crippen molar-refractivity contribution >= 4 is 23.6 Å². The van der Waals surface area contributed by atoms with Crippen molar-refractivity contribution in [1.29, 1.82) is 0 Å². The molecule has 1 aliphatic carbocycles. The molecule has 7 nitrogen and oxygen atoms in total. The molecule has 1 aliphatic rings. The highest BCUT2D eigenvalue weighted by atomic mass is 32.2. The molecule has 1 fully saturated rings. The summed E-state index contributed by atoms with van der Waals surface area (Å²) in [7, 11) is 4.08. The first-order valence-corrected chi connectivity index (χ1v) is 15.2. The molecule has 38 heavy (non-hydrogen) atoms. The van der Waals surface area contributed by atoms with Gasteiger partial charge in [0.15, 0.2) is 0 Å². The molecule has 8 heteroatoms. The minimum Gasteiger partial charge on any atom is -0.388 e. The summed E-state index contributed by atoms with van der Waals surface area (Å²) in [4.78, 5) is 28.4. The number of aliphatic hydroxyl groups excluding tert-OH is 2. The lowest BCUT2D eigenvalue weighted by Gasteiger charge is -2.32. The first-order valence-electron chi connectivity index (χ1n) is 14.0. The highest BCUT2D eigenvalue weighted by Gasteiger charge is 2.31. The molecule has 214 valence electrons. The number of carbonyl (C=O) groups excluding carboxylic acids is 2. The normalized spacial score (nSPS) is 18.3. The number of thioether (sulfide) groups is 1. The van der Waals surface area contributed by atoms with Crippen molar-refractivity contribution in [2.24, 2.45) is 17.8 Å². The van der Waals surface area contributed by atoms with Crippen LogP contribution in [0.15, 0.2) is 43.0 Å². The van der Waals surface area contributed by atoms with Crippen LogP contribution in [0.5, 0.6) is 0 Å². The van der Waals surface area contributed by atoms with Gasteiger partial charge < -0.3 is 25.7 Å². The van der Waals surface area contributed by atoms with Gasteiger partial charge in [0.05, 0.1) is 24.0 Å². The van der Waals surface area contributed by atoms with E-state index in [0.717, 1.165) is 43.5 Å². The van der Waals surface area contributed by atoms with Crippen LogP contribution in [0.2, 0.25) is 0 Å². The number of nitrogens with one attached hydrogen (secondary N) is 2. The topological polar surface area (TPSA) is 102 Å². The van der Waals surface area contributed by atoms with Crippen LogP contribution in [0.4, 0.5) is 0 Å². The van der Waals surface area contributed by atoms with Crippen molar-refractivity contribution in [3.63, 3.8) is 0 Å². The van der Waals surface area contributed by atoms with Crippen LogP contribution >= 0.6 is 11.8 Å². The second-order valence-electron chi connectivity index (χ2n) is 11.0. The summed E-state index contributed by atoms with van der Waals surface area (Å²) in [6.07, 6.45) is 6.04. The molecule has 0 spiro atoms. The molecule has 4 N–H and O–H groups in total. The van der Waals surface area contributed by atoms with Crippen molar-refractivity contribution < 1.29 is 19.8 Å². The van der Waals surface area contributed by atoms with Gasteiger partial charge in [0, 0.05) is 24.6 Å². The Hall–Kier alpha value is -1.87. The third kappa shape index (κ3) is 11.9. The Labute approximate surface area is 233 Å². The van der Waals surface area contributed by atoms with Crippen LogP contribution in [0.1, 0.15) is 51.0 Å². The zero-order valence-electron chi connectivity index (χ0n) is 23.5. The van der Waals surface area contributed by atoms with Gasteiger partial charge in [0.2, 0.25) is 11.8 Å². The van der Waals surface area contributed by atoms with Crippen LogP contribution in [0, 0.1) is 17.8 Å². The van der Waals surface area contributed by atoms with Crippen molar-refractivity contribution in [1.82, 2.24) is 15.5 Å². The number of hydrogen-bond donors (Lipinski definition) is 4. The standard InChI is InChI=1S/C30H49N3O4S/c1-5-27(34)28(35)26(19-24-14-10-7-11-15-24)32-29(36)22(2)20-31-30(37)25(21-38-17-16-33(3)4)18-23-12-8-6-9-13-23/h5-6,8-9,12-13,22,24-28,34-35H,1,7,10-11,14-21H2,2-4H3,(H,31,37)(H,32,36). The zero-order valence-corrected chi connectivity index (χ0v) is 24.3. The Kier molecular flexibility index (Phi) is 15.0. The minimum absolute atomic E-state index is 0.0493. The van der Waals surface area contributed by atoms with E-state index < -0.39 is 24.2 Å². The molecule has 0 saturated heterocycles. The summed E-state index contributed by atoms with van der Waals surface area (Å²) in [5, 5.41) is 26.8. The van der Waals surface area contributed by atoms with Gasteiger partial charge in [0.25, 0.3) is 0 Å². The lowest BCUT2D eigenvalue weighted by atomic mass is 9.83. The number of amides is 2. The highest BCUT2D eigenvalue weighted by molar-refractivity contribution is 7.99. The number of rotatable bonds is 17. The Balaban J connectivity index is 1.94. The Morgan fingerprint density at radius 3 is 2.45 bits per heavy atom. The van der Waals surface area contributed by atoms with Crippen LogP contribution in [-0.4, -0.2) is 83.9 Å². The Morgan fingerprint density at radius 2 is 1.82 bits per heavy atom. The van der Waals surface area contributed by atoms with Gasteiger partial charge >= 0.3 is 0 Å². The van der Waals surface area contributed by atoms with Crippen LogP contribution in [0.25, 0.3) is 0 Å². The molecule has 0 heterocycles. The molecular weight excluding hydrogens is 498 g/mol. The van der Waals surface area contributed by atoms with Crippen molar-refractivity contribution in [2.75, 3.05) is 38.7 Å². The van der Waals surface area contributed by atoms with Gasteiger partial charge in [0.1, 0.15) is 6.10 Å². The molecule has 1 aromatic carbocycles. The minimum atomic E-state index is -1.12. The van der Waals surface area contributed by atoms with Gasteiger partial charge in [-0.15, -0.1) is 6.58 Å². The van der Waals surface area contributed by atoms with E-state index in [1.165, 1.54) is 12.5 Å². The quantitative estimate of drug-likeness (QED) is 0.176. The highest BCUT2D eigenvalue weighted by Crippen LogP contribution is 2.28. The summed E-state index contributed by atoms with van der Waals surface area (Å²) >= 11 is 1.77. The van der Waals surface area contributed by atoms with E-state index in [1.54, 1.807) is 18.7 Å². The molecular formula is C30H49N3O4S. The second-order valence-corrected chi connectivity index (χ2v) is 12.1. The maximum absolute atomic E-state index is 13.2. The van der Waals surface area contributed by atoms with Crippen LogP contribution in [-0.2, 0) is 16.0 Å². The summed E-state index contributed by atoms with van der Waals surface area (Å²) in [6, 6.07) is 9.45. The lowest BCUT2D eigenvalue weighted by Crippen LogP contribution is -2.51. The SMILES string of the molecule is C=CC(O)C(O)C(CC1CCCCC1)NC(=O)C(C)CNC(=O)C(CSCCN(C)C)Cc1ccccc1. The van der Waals surface area contributed by atoms with Gasteiger partial charge in [-0.1, -0.05) is 75.4 Å². The molecule has 2 amide bonds. The predicted molar refractivity (Wildman–Crippen MR) is 157 cm³/mol. The fourth-order valence-corrected chi connectivity index (χ4v) is 6.07. The maximum Gasteiger partial charge on any atom is 0.224 e. The fourth-order valence-electron chi connectivity index (χ4n) is 4.86. The fraction of sp³-hybridized carbons (Fsp3) is 0.667. The van der Waals surface area contributed by atoms with E-state index in [9.17, 15) is 19.8 Å². The smallest absolute Gasteiger partial charge is 0.224 e. The van der Waals surface area contributed by atoms with Gasteiger partial charge in [-0.3, -0.25) is 9.59 Å². The third-order valence-electron chi connectivity index (χ3n) is 7.37. The summed E-state index contributed by atoms with van der Waals surface area (Å²) in [6.45, 7) is 6.53. The molecule has 0 aliphatic heterocycles. The molecule has 0 bridgehead atoms. The first kappa shape index (κ1) is 32.3. The van der Waals surface area contributed by atoms with Gasteiger partial charge in [-0.2, -0.15) is 11.8 Å². The molecule has 0 radical (unpaired) electrons. The average Bonchev–Trinajstić information content (AvgIpc) is 2.92. The van der Waals surface area contributed by atoms with Crippen LogP contribution < -0.4 is 10.6 Å². The van der Waals surface area contributed by atoms with E-state index in [-0.39, 0.29) is 24.3 Å². The summed E-state index contributed by atoms with van der Waals surface area (Å²) in [5.74, 6) is 1.13. The van der Waals surface area contributed by atoms with Crippen molar-refractivity contribution in [2.45, 2.75) is 70.1 Å². The number of hydrogen-bond acceptors (Lipinski definition) is 6. The van der Waals surface area contributed by atoms with E-state index in [1.807, 2.05) is 44.4 Å². The largest absolute Gasteiger partial charge is 0.388 e. The second kappa shape index (κ2) is 17.7.